The van der Waals surface area contributed by atoms with Gasteiger partial charge in [0.15, 0.2) is 0 Å². The quantitative estimate of drug-likeness (QED) is 0.645. The minimum absolute atomic E-state index is 0.365. The summed E-state index contributed by atoms with van der Waals surface area (Å²) in [7, 11) is -2.35. The van der Waals surface area contributed by atoms with Crippen LogP contribution in [0.15, 0.2) is 12.1 Å². The largest absolute Gasteiger partial charge is 0.299 e. The van der Waals surface area contributed by atoms with Gasteiger partial charge in [-0.3, -0.25) is 14.1 Å². The fourth-order valence-corrected chi connectivity index (χ4v) is 2.78. The Morgan fingerprint density at radius 1 is 1.50 bits per heavy atom. The molecule has 3 nitrogen and oxygen atoms in total. The Morgan fingerprint density at radius 2 is 2.33 bits per heavy atom. The normalized spacial score (nSPS) is 22.8. The van der Waals surface area contributed by atoms with Gasteiger partial charge in [0.1, 0.15) is 0 Å². The van der Waals surface area contributed by atoms with Gasteiger partial charge in [-0.05, 0) is 11.6 Å². The van der Waals surface area contributed by atoms with Gasteiger partial charge in [-0.15, -0.1) is 0 Å². The number of hydrogen-bond acceptors (Lipinski definition) is 3. The number of hydrogen-bond donors (Lipinski definition) is 2. The molecule has 1 aromatic rings. The second-order valence-electron chi connectivity index (χ2n) is 2.95. The molecule has 1 aromatic heterocycles. The van der Waals surface area contributed by atoms with Gasteiger partial charge in [-0.1, -0.05) is 6.07 Å². The van der Waals surface area contributed by atoms with Crippen molar-refractivity contribution < 1.29 is 9.11 Å². The molecule has 65 valence electrons. The van der Waals surface area contributed by atoms with Crippen molar-refractivity contribution in [2.75, 3.05) is 5.75 Å². The molecule has 1 radical (unpaired) electrons. The second kappa shape index (κ2) is 2.73. The van der Waals surface area contributed by atoms with Gasteiger partial charge in [0, 0.05) is 17.9 Å². The minimum atomic E-state index is -2.35. The van der Waals surface area contributed by atoms with Crippen LogP contribution in [-0.2, 0) is 12.2 Å². The lowest BCUT2D eigenvalue weighted by molar-refractivity contribution is 0.481. The van der Waals surface area contributed by atoms with Gasteiger partial charge in [0.2, 0.25) is 0 Å². The topological polar surface area (TPSA) is 53.4 Å². The van der Waals surface area contributed by atoms with Crippen LogP contribution in [0.25, 0.3) is 0 Å². The van der Waals surface area contributed by atoms with Crippen molar-refractivity contribution in [2.24, 2.45) is 0 Å². The maximum absolute atomic E-state index is 9.42. The summed E-state index contributed by atoms with van der Waals surface area (Å²) in [5.74, 6) is 0.814. The molecular weight excluding hydrogens is 174 g/mol. The predicted octanol–water partition coefficient (Wildman–Crippen LogP) is 1.69. The van der Waals surface area contributed by atoms with Crippen LogP contribution in [0, 0.1) is 6.20 Å². The molecule has 0 saturated heterocycles. The van der Waals surface area contributed by atoms with Gasteiger partial charge in [0.25, 0.3) is 0 Å². The third-order valence-corrected chi connectivity index (χ3v) is 3.61. The van der Waals surface area contributed by atoms with Crippen molar-refractivity contribution in [3.8, 4) is 0 Å². The smallest absolute Gasteiger partial charge is 0.0889 e. The summed E-state index contributed by atoms with van der Waals surface area (Å²) >= 11 is 0. The zero-order chi connectivity index (χ0) is 8.60. The molecule has 0 fully saturated rings. The first-order chi connectivity index (χ1) is 5.67. The van der Waals surface area contributed by atoms with E-state index in [9.17, 15) is 9.11 Å². The Hall–Kier alpha value is -0.580. The van der Waals surface area contributed by atoms with Gasteiger partial charge < -0.3 is 0 Å². The van der Waals surface area contributed by atoms with E-state index in [-0.39, 0.29) is 0 Å². The highest BCUT2D eigenvalue weighted by atomic mass is 32.3. The van der Waals surface area contributed by atoms with E-state index < -0.39 is 10.6 Å². The molecule has 0 aromatic carbocycles. The van der Waals surface area contributed by atoms with E-state index in [4.69, 9.17) is 0 Å². The highest BCUT2D eigenvalue weighted by Crippen LogP contribution is 2.46. The number of rotatable bonds is 0. The summed E-state index contributed by atoms with van der Waals surface area (Å²) in [5.41, 5.74) is 1.92. The zero-order valence-electron chi connectivity index (χ0n) is 6.53. The molecule has 0 spiro atoms. The third kappa shape index (κ3) is 1.46. The van der Waals surface area contributed by atoms with Gasteiger partial charge in [-0.25, -0.2) is 0 Å². The summed E-state index contributed by atoms with van der Waals surface area (Å²) in [4.78, 5) is 4.05. The average molecular weight is 184 g/mol. The van der Waals surface area contributed by atoms with Crippen LogP contribution in [0.2, 0.25) is 0 Å². The molecule has 0 atom stereocenters. The highest BCUT2D eigenvalue weighted by molar-refractivity contribution is 8.23. The Morgan fingerprint density at radius 3 is 3.17 bits per heavy atom. The Labute approximate surface area is 72.8 Å². The maximum Gasteiger partial charge on any atom is 0.0889 e. The number of pyridine rings is 1. The number of aryl methyl sites for hydroxylation is 1. The molecule has 0 aliphatic carbocycles. The van der Waals surface area contributed by atoms with Crippen molar-refractivity contribution in [3.63, 3.8) is 0 Å². The Balaban J connectivity index is 2.35. The molecule has 1 aliphatic heterocycles. The molecule has 2 rings (SSSR count). The molecule has 1 aliphatic rings. The SMILES string of the molecule is OS1(O)CCc2n[c]ccc2C1. The first kappa shape index (κ1) is 8.04. The molecule has 2 N–H and O–H groups in total. The molecular formula is C8H10NO2S. The van der Waals surface area contributed by atoms with E-state index >= 15 is 0 Å². The standard InChI is InChI=1S/C8H10NO2S/c10-12(11)5-3-8-7(6-12)2-1-4-9-8/h1-2,10-11H,3,5-6H2. The fraction of sp³-hybridized carbons (Fsp3) is 0.375. The lowest BCUT2D eigenvalue weighted by Crippen LogP contribution is -2.16. The van der Waals surface area contributed by atoms with Crippen LogP contribution in [0.4, 0.5) is 0 Å². The lowest BCUT2D eigenvalue weighted by atomic mass is 10.2. The van der Waals surface area contributed by atoms with Gasteiger partial charge >= 0.3 is 0 Å². The monoisotopic (exact) mass is 184 g/mol. The fourth-order valence-electron chi connectivity index (χ4n) is 1.35. The minimum Gasteiger partial charge on any atom is -0.299 e. The zero-order valence-corrected chi connectivity index (χ0v) is 7.34. The van der Waals surface area contributed by atoms with E-state index in [0.717, 1.165) is 11.3 Å². The van der Waals surface area contributed by atoms with E-state index in [1.165, 1.54) is 0 Å². The van der Waals surface area contributed by atoms with Crippen LogP contribution in [-0.4, -0.2) is 19.8 Å². The predicted molar refractivity (Wildman–Crippen MR) is 48.2 cm³/mol. The summed E-state index contributed by atoms with van der Waals surface area (Å²) in [5, 5.41) is 0. The number of nitrogens with zero attached hydrogens (tertiary/aromatic N) is 1. The Kier molecular flexibility index (Phi) is 1.83. The molecule has 0 saturated carbocycles. The molecule has 2 heterocycles. The van der Waals surface area contributed by atoms with Crippen molar-refractivity contribution >= 4 is 10.6 Å². The molecule has 0 amide bonds. The summed E-state index contributed by atoms with van der Waals surface area (Å²) in [6.45, 7) is 0. The summed E-state index contributed by atoms with van der Waals surface area (Å²) in [6, 6.07) is 3.56. The first-order valence-electron chi connectivity index (χ1n) is 3.76. The van der Waals surface area contributed by atoms with Crippen LogP contribution in [0.3, 0.4) is 0 Å². The first-order valence-corrected chi connectivity index (χ1v) is 5.64. The average Bonchev–Trinajstić information content (AvgIpc) is 2.02. The highest BCUT2D eigenvalue weighted by Gasteiger charge is 2.21. The molecule has 12 heavy (non-hydrogen) atoms. The molecule has 0 unspecified atom stereocenters. The van der Waals surface area contributed by atoms with Crippen LogP contribution in [0.1, 0.15) is 11.3 Å². The molecule has 4 heteroatoms. The lowest BCUT2D eigenvalue weighted by Gasteiger charge is -2.36. The summed E-state index contributed by atoms with van der Waals surface area (Å²) in [6.07, 6.45) is 3.41. The van der Waals surface area contributed by atoms with E-state index in [1.54, 1.807) is 6.07 Å². The van der Waals surface area contributed by atoms with Crippen molar-refractivity contribution in [1.29, 1.82) is 0 Å². The van der Waals surface area contributed by atoms with Gasteiger partial charge in [-0.2, -0.15) is 10.6 Å². The van der Waals surface area contributed by atoms with Gasteiger partial charge in [0.05, 0.1) is 11.9 Å². The second-order valence-corrected chi connectivity index (χ2v) is 5.25. The number of aromatic nitrogens is 1. The van der Waals surface area contributed by atoms with E-state index in [0.29, 0.717) is 17.9 Å². The van der Waals surface area contributed by atoms with Crippen LogP contribution >= 0.6 is 10.6 Å². The Bertz CT molecular complexity index is 301. The van der Waals surface area contributed by atoms with E-state index in [1.807, 2.05) is 6.07 Å². The van der Waals surface area contributed by atoms with Crippen molar-refractivity contribution in [3.05, 3.63) is 29.6 Å². The van der Waals surface area contributed by atoms with Crippen molar-refractivity contribution in [1.82, 2.24) is 4.98 Å². The van der Waals surface area contributed by atoms with Crippen LogP contribution in [0.5, 0.6) is 0 Å². The third-order valence-electron chi connectivity index (χ3n) is 1.98. The summed E-state index contributed by atoms with van der Waals surface area (Å²) < 4.78 is 18.8. The maximum atomic E-state index is 9.42. The molecule has 0 bridgehead atoms. The number of fused-ring (bicyclic) bond motifs is 1. The van der Waals surface area contributed by atoms with Crippen LogP contribution < -0.4 is 0 Å². The van der Waals surface area contributed by atoms with E-state index in [2.05, 4.69) is 11.2 Å². The van der Waals surface area contributed by atoms with Crippen molar-refractivity contribution in [2.45, 2.75) is 12.2 Å².